The maximum Gasteiger partial charge on any atom is 0.0725 e. The molecule has 0 amide bonds. The number of hydrogen-bond acceptors (Lipinski definition) is 2. The molecule has 2 aliphatic carbocycles. The summed E-state index contributed by atoms with van der Waals surface area (Å²) in [5.74, 6) is 0. The fourth-order valence-electron chi connectivity index (χ4n) is 12.9. The third-order valence-electron chi connectivity index (χ3n) is 16.7. The second-order valence-electron chi connectivity index (χ2n) is 21.2. The van der Waals surface area contributed by atoms with Crippen LogP contribution in [0.3, 0.4) is 0 Å². The van der Waals surface area contributed by atoms with Gasteiger partial charge in [-0.25, -0.2) is 0 Å². The van der Waals surface area contributed by atoms with Crippen molar-refractivity contribution in [3.05, 3.63) is 350 Å². The maximum atomic E-state index is 2.51. The van der Waals surface area contributed by atoms with Gasteiger partial charge in [-0.1, -0.05) is 262 Å². The summed E-state index contributed by atoms with van der Waals surface area (Å²) in [7, 11) is 0. The first-order valence-electron chi connectivity index (χ1n) is 28.0. The summed E-state index contributed by atoms with van der Waals surface area (Å²) in [6.45, 7) is 0. The Bertz CT molecular complexity index is 3990. The summed E-state index contributed by atoms with van der Waals surface area (Å²) in [6.07, 6.45) is 0. The van der Waals surface area contributed by atoms with Crippen molar-refractivity contribution in [1.82, 2.24) is 0 Å². The van der Waals surface area contributed by atoms with E-state index in [9.17, 15) is 0 Å². The lowest BCUT2D eigenvalue weighted by Gasteiger charge is -2.31. The van der Waals surface area contributed by atoms with Crippen molar-refractivity contribution < 1.29 is 1.43 Å². The zero-order valence-corrected chi connectivity index (χ0v) is 44.6. The summed E-state index contributed by atoms with van der Waals surface area (Å²) in [5, 5.41) is 0. The molecule has 0 N–H and O–H groups in total. The van der Waals surface area contributed by atoms with Gasteiger partial charge in [0.2, 0.25) is 0 Å². The second kappa shape index (κ2) is 20.9. The summed E-state index contributed by atoms with van der Waals surface area (Å²) in [5.41, 5.74) is 27.9. The molecule has 1 spiro atoms. The molecule has 0 saturated carbocycles. The molecule has 0 atom stereocenters. The monoisotopic (exact) mass is 1050 g/mol. The summed E-state index contributed by atoms with van der Waals surface area (Å²) in [6, 6.07) is 120. The first-order valence-corrected chi connectivity index (χ1v) is 28.0. The molecule has 0 fully saturated rings. The lowest BCUT2D eigenvalue weighted by Crippen LogP contribution is -2.25. The molecule has 390 valence electrons. The smallest absolute Gasteiger partial charge is 0.0725 e. The van der Waals surface area contributed by atoms with Gasteiger partial charge in [0.15, 0.2) is 0 Å². The Morgan fingerprint density at radius 3 is 0.756 bits per heavy atom. The van der Waals surface area contributed by atoms with Crippen LogP contribution in [0.4, 0.5) is 34.1 Å². The normalized spacial score (nSPS) is 12.1. The van der Waals surface area contributed by atoms with E-state index in [0.29, 0.717) is 0 Å². The summed E-state index contributed by atoms with van der Waals surface area (Å²) >= 11 is 0. The predicted molar refractivity (Wildman–Crippen MR) is 348 cm³/mol. The van der Waals surface area contributed by atoms with Crippen LogP contribution < -0.4 is 9.80 Å². The lowest BCUT2D eigenvalue weighted by atomic mass is 9.70. The SMILES string of the molecule is C.[HH].c1ccc(-c2ccc(N(c3ccc(-c4ccccc4)cc3)c3cc(-c4ccc5c(c4)C4(c6ccccc6-c6ccccc64)c4ccccc4-5)cc(N(c4ccc(-c5ccccc5)cc4)c4ccc(-c5ccccc5)cc4)c3)cc2)cc1. The minimum absolute atomic E-state index is 0. The molecule has 15 rings (SSSR count). The van der Waals surface area contributed by atoms with Crippen molar-refractivity contribution >= 4 is 34.1 Å². The first-order chi connectivity index (χ1) is 40.2. The van der Waals surface area contributed by atoms with E-state index in [4.69, 9.17) is 0 Å². The van der Waals surface area contributed by atoms with Crippen molar-refractivity contribution in [2.45, 2.75) is 12.8 Å². The molecule has 2 nitrogen and oxygen atoms in total. The van der Waals surface area contributed by atoms with Gasteiger partial charge < -0.3 is 9.80 Å². The van der Waals surface area contributed by atoms with Crippen LogP contribution in [0.15, 0.2) is 328 Å². The third-order valence-corrected chi connectivity index (χ3v) is 16.7. The van der Waals surface area contributed by atoms with Gasteiger partial charge in [0, 0.05) is 35.6 Å². The van der Waals surface area contributed by atoms with Crippen LogP contribution in [-0.4, -0.2) is 0 Å². The van der Waals surface area contributed by atoms with Gasteiger partial charge >= 0.3 is 0 Å². The van der Waals surface area contributed by atoms with Crippen LogP contribution in [0.5, 0.6) is 0 Å². The van der Waals surface area contributed by atoms with Crippen LogP contribution >= 0.6 is 0 Å². The fourth-order valence-corrected chi connectivity index (χ4v) is 12.9. The number of hydrogen-bond donors (Lipinski definition) is 0. The van der Waals surface area contributed by atoms with Gasteiger partial charge in [0.05, 0.1) is 5.41 Å². The van der Waals surface area contributed by atoms with Crippen LogP contribution in [0.25, 0.3) is 77.9 Å². The maximum absolute atomic E-state index is 2.51. The van der Waals surface area contributed by atoms with Crippen LogP contribution in [0.1, 0.15) is 31.1 Å². The van der Waals surface area contributed by atoms with Crippen molar-refractivity contribution in [2.75, 3.05) is 9.80 Å². The number of benzene rings is 13. The number of fused-ring (bicyclic) bond motifs is 10. The molecule has 2 aliphatic rings. The van der Waals surface area contributed by atoms with Crippen LogP contribution in [0.2, 0.25) is 0 Å². The molecular formula is C80H60N2. The van der Waals surface area contributed by atoms with E-state index in [0.717, 1.165) is 45.3 Å². The van der Waals surface area contributed by atoms with Crippen molar-refractivity contribution in [3.8, 4) is 77.9 Å². The topological polar surface area (TPSA) is 6.48 Å². The molecule has 0 heterocycles. The van der Waals surface area contributed by atoms with Crippen molar-refractivity contribution in [3.63, 3.8) is 0 Å². The van der Waals surface area contributed by atoms with Gasteiger partial charge in [-0.3, -0.25) is 0 Å². The number of rotatable bonds is 11. The molecule has 0 bridgehead atoms. The number of nitrogens with zero attached hydrogens (tertiary/aromatic N) is 2. The summed E-state index contributed by atoms with van der Waals surface area (Å²) in [4.78, 5) is 4.86. The molecule has 0 unspecified atom stereocenters. The first kappa shape index (κ1) is 49.7. The molecule has 0 radical (unpaired) electrons. The Hall–Kier alpha value is -10.5. The molecule has 0 saturated heterocycles. The average Bonchev–Trinajstić information content (AvgIpc) is 3.69. The Labute approximate surface area is 483 Å². The summed E-state index contributed by atoms with van der Waals surface area (Å²) < 4.78 is 0. The second-order valence-corrected chi connectivity index (χ2v) is 21.2. The Morgan fingerprint density at radius 2 is 0.439 bits per heavy atom. The quantitative estimate of drug-likeness (QED) is 0.127. The van der Waals surface area contributed by atoms with Crippen molar-refractivity contribution in [1.29, 1.82) is 0 Å². The van der Waals surface area contributed by atoms with E-state index in [1.807, 2.05) is 0 Å². The molecule has 0 aromatic heterocycles. The zero-order valence-electron chi connectivity index (χ0n) is 44.6. The third kappa shape index (κ3) is 8.52. The van der Waals surface area contributed by atoms with E-state index < -0.39 is 5.41 Å². The lowest BCUT2D eigenvalue weighted by molar-refractivity contribution is 0.794. The highest BCUT2D eigenvalue weighted by molar-refractivity contribution is 5.97. The van der Waals surface area contributed by atoms with E-state index >= 15 is 0 Å². The Kier molecular flexibility index (Phi) is 12.7. The van der Waals surface area contributed by atoms with Crippen LogP contribution in [-0.2, 0) is 5.41 Å². The highest BCUT2D eigenvalue weighted by Gasteiger charge is 2.51. The largest absolute Gasteiger partial charge is 0.310 e. The van der Waals surface area contributed by atoms with Gasteiger partial charge in [0.25, 0.3) is 0 Å². The minimum Gasteiger partial charge on any atom is -0.310 e. The van der Waals surface area contributed by atoms with Gasteiger partial charge in [-0.05, 0) is 173 Å². The minimum atomic E-state index is -0.490. The van der Waals surface area contributed by atoms with E-state index in [1.165, 1.54) is 89.0 Å². The Morgan fingerprint density at radius 1 is 0.183 bits per heavy atom. The van der Waals surface area contributed by atoms with E-state index in [1.54, 1.807) is 0 Å². The number of anilines is 6. The van der Waals surface area contributed by atoms with Gasteiger partial charge in [0.1, 0.15) is 0 Å². The highest BCUT2D eigenvalue weighted by Crippen LogP contribution is 2.63. The fraction of sp³-hybridized carbons (Fsp3) is 0.0250. The molecule has 2 heteroatoms. The molecule has 13 aromatic rings. The Balaban J connectivity index is 0.00000322. The van der Waals surface area contributed by atoms with Gasteiger partial charge in [-0.2, -0.15) is 0 Å². The van der Waals surface area contributed by atoms with Crippen molar-refractivity contribution in [2.24, 2.45) is 0 Å². The average molecular weight is 1050 g/mol. The zero-order chi connectivity index (χ0) is 53.7. The molecule has 82 heavy (non-hydrogen) atoms. The molecular weight excluding hydrogens is 989 g/mol. The molecule has 13 aromatic carbocycles. The standard InChI is InChI=1S/C79H54N2.CH4.H2/c1-5-19-55(20-6-1)59-33-42-65(43-34-59)80(66-44-35-60(36-45-66)56-21-7-2-8-22-56)69-51-64(63-41-50-74-73-29-15-18-32-77(73)79(78(74)53-63)75-30-16-13-27-71(75)72-28-14-17-31-76(72)79)52-70(54-69)81(67-46-37-61(38-47-67)57-23-9-3-10-24-57)68-48-39-62(40-49-68)58-25-11-4-12-26-58;;/h1-54H;1H4;1H. The highest BCUT2D eigenvalue weighted by atomic mass is 15.2. The van der Waals surface area contributed by atoms with Gasteiger partial charge in [-0.15, -0.1) is 0 Å². The van der Waals surface area contributed by atoms with Crippen LogP contribution in [0, 0.1) is 0 Å². The molecule has 0 aliphatic heterocycles. The predicted octanol–water partition coefficient (Wildman–Crippen LogP) is 22.2. The van der Waals surface area contributed by atoms with E-state index in [2.05, 4.69) is 337 Å². The van der Waals surface area contributed by atoms with E-state index in [-0.39, 0.29) is 8.85 Å².